The molecule has 0 rings (SSSR count). The molecule has 6 heteroatoms. The summed E-state index contributed by atoms with van der Waals surface area (Å²) >= 11 is 0. The molecule has 0 heterocycles. The average Bonchev–Trinajstić information content (AvgIpc) is 3.31. The standard InChI is InChI=1S/C60H111NO5/c1-4-7-10-13-16-19-22-25-27-29-31-34-36-39-42-45-48-51-56(66-60(65)53-50-47-44-41-38-33-24-21-18-15-12-9-6-3)54-59(64)61-57(55-62)58(63)52-49-46-43-40-37-35-32-30-28-26-23-20-17-14-11-8-5-2/h16,19,25,27,33,38,44,47,56-58,62-63H,4-15,17-18,20-24,26,28-32,34-37,39-43,45-46,48-55H2,1-3H3,(H,61,64)/b19-16-,27-25-,38-33-,47-44+. The Kier molecular flexibility index (Phi) is 52.0. The summed E-state index contributed by atoms with van der Waals surface area (Å²) in [7, 11) is 0. The quantitative estimate of drug-likeness (QED) is 0.0321. The van der Waals surface area contributed by atoms with Crippen molar-refractivity contribution in [1.29, 1.82) is 0 Å². The van der Waals surface area contributed by atoms with Crippen LogP contribution in [0.4, 0.5) is 0 Å². The molecule has 1 amide bonds. The largest absolute Gasteiger partial charge is 0.462 e. The maximum atomic E-state index is 13.3. The van der Waals surface area contributed by atoms with E-state index in [1.54, 1.807) is 0 Å². The van der Waals surface area contributed by atoms with Crippen LogP contribution < -0.4 is 5.32 Å². The minimum atomic E-state index is -0.799. The third-order valence-electron chi connectivity index (χ3n) is 13.1. The highest BCUT2D eigenvalue weighted by Crippen LogP contribution is 2.18. The molecule has 0 bridgehead atoms. The number of carbonyl (C=O) groups is 2. The van der Waals surface area contributed by atoms with Crippen LogP contribution in [-0.2, 0) is 14.3 Å². The number of hydrogen-bond donors (Lipinski definition) is 3. The molecule has 0 spiro atoms. The van der Waals surface area contributed by atoms with E-state index in [0.29, 0.717) is 25.7 Å². The zero-order chi connectivity index (χ0) is 48.1. The summed E-state index contributed by atoms with van der Waals surface area (Å²) in [6.07, 6.45) is 66.1. The molecular formula is C60H111NO5. The molecular weight excluding hydrogens is 815 g/mol. The van der Waals surface area contributed by atoms with Crippen LogP contribution in [0.1, 0.15) is 297 Å². The van der Waals surface area contributed by atoms with Gasteiger partial charge in [0.25, 0.3) is 0 Å². The smallest absolute Gasteiger partial charge is 0.306 e. The van der Waals surface area contributed by atoms with E-state index >= 15 is 0 Å². The van der Waals surface area contributed by atoms with Crippen molar-refractivity contribution >= 4 is 11.9 Å². The molecule has 0 aromatic heterocycles. The van der Waals surface area contributed by atoms with Crippen LogP contribution in [0.2, 0.25) is 0 Å². The molecule has 6 nitrogen and oxygen atoms in total. The molecule has 3 atom stereocenters. The lowest BCUT2D eigenvalue weighted by Crippen LogP contribution is -2.46. The lowest BCUT2D eigenvalue weighted by Gasteiger charge is -2.24. The third kappa shape index (κ3) is 48.3. The van der Waals surface area contributed by atoms with Crippen molar-refractivity contribution in [2.75, 3.05) is 6.61 Å². The number of carbonyl (C=O) groups excluding carboxylic acids is 2. The van der Waals surface area contributed by atoms with Crippen molar-refractivity contribution < 1.29 is 24.5 Å². The van der Waals surface area contributed by atoms with Gasteiger partial charge in [-0.3, -0.25) is 9.59 Å². The van der Waals surface area contributed by atoms with Gasteiger partial charge in [-0.2, -0.15) is 0 Å². The Hall–Kier alpha value is -2.18. The summed E-state index contributed by atoms with van der Waals surface area (Å²) in [4.78, 5) is 26.2. The van der Waals surface area contributed by atoms with Crippen molar-refractivity contribution in [1.82, 2.24) is 5.32 Å². The van der Waals surface area contributed by atoms with Crippen LogP contribution in [0.15, 0.2) is 48.6 Å². The van der Waals surface area contributed by atoms with Gasteiger partial charge >= 0.3 is 5.97 Å². The van der Waals surface area contributed by atoms with Crippen LogP contribution in [0.5, 0.6) is 0 Å². The number of esters is 1. The number of nitrogens with one attached hydrogen (secondary N) is 1. The Balaban J connectivity index is 4.58. The predicted molar refractivity (Wildman–Crippen MR) is 287 cm³/mol. The van der Waals surface area contributed by atoms with Gasteiger partial charge in [-0.1, -0.05) is 256 Å². The molecule has 0 fully saturated rings. The van der Waals surface area contributed by atoms with Gasteiger partial charge < -0.3 is 20.3 Å². The van der Waals surface area contributed by atoms with E-state index in [2.05, 4.69) is 74.7 Å². The fourth-order valence-corrected chi connectivity index (χ4v) is 8.75. The van der Waals surface area contributed by atoms with E-state index in [4.69, 9.17) is 4.74 Å². The van der Waals surface area contributed by atoms with Crippen LogP contribution in [0.3, 0.4) is 0 Å². The number of amides is 1. The second-order valence-corrected chi connectivity index (χ2v) is 19.7. The van der Waals surface area contributed by atoms with E-state index in [0.717, 1.165) is 64.2 Å². The Morgan fingerprint density at radius 2 is 0.773 bits per heavy atom. The molecule has 66 heavy (non-hydrogen) atoms. The van der Waals surface area contributed by atoms with Crippen LogP contribution in [-0.4, -0.2) is 46.9 Å². The van der Waals surface area contributed by atoms with Crippen LogP contribution in [0, 0.1) is 0 Å². The number of rotatable bonds is 52. The molecule has 3 unspecified atom stereocenters. The Morgan fingerprint density at radius 3 is 1.18 bits per heavy atom. The zero-order valence-electron chi connectivity index (χ0n) is 44.1. The van der Waals surface area contributed by atoms with Gasteiger partial charge in [0.1, 0.15) is 6.10 Å². The van der Waals surface area contributed by atoms with E-state index in [-0.39, 0.29) is 24.9 Å². The second kappa shape index (κ2) is 53.8. The van der Waals surface area contributed by atoms with Gasteiger partial charge in [0.2, 0.25) is 5.91 Å². The van der Waals surface area contributed by atoms with E-state index in [1.165, 1.54) is 180 Å². The van der Waals surface area contributed by atoms with Gasteiger partial charge in [0, 0.05) is 6.42 Å². The SMILES string of the molecule is CCCCC/C=C\C/C=C\CCCCCCCCCC(CC(=O)NC(CO)C(O)CCCCCCCCCCCCCCCCCCC)OC(=O)CC/C=C/C/C=C\CCCCCCCC. The highest BCUT2D eigenvalue weighted by molar-refractivity contribution is 5.77. The van der Waals surface area contributed by atoms with Crippen LogP contribution >= 0.6 is 0 Å². The highest BCUT2D eigenvalue weighted by atomic mass is 16.5. The Labute approximate surface area is 410 Å². The predicted octanol–water partition coefficient (Wildman–Crippen LogP) is 17.8. The van der Waals surface area contributed by atoms with Gasteiger partial charge in [-0.05, 0) is 77.0 Å². The lowest BCUT2D eigenvalue weighted by atomic mass is 10.0. The zero-order valence-corrected chi connectivity index (χ0v) is 44.1. The van der Waals surface area contributed by atoms with Crippen molar-refractivity contribution in [3.63, 3.8) is 0 Å². The average molecular weight is 927 g/mol. The summed E-state index contributed by atoms with van der Waals surface area (Å²) in [5.41, 5.74) is 0. The maximum absolute atomic E-state index is 13.3. The van der Waals surface area contributed by atoms with E-state index in [1.807, 2.05) is 0 Å². The first-order valence-corrected chi connectivity index (χ1v) is 28.9. The molecule has 3 N–H and O–H groups in total. The Morgan fingerprint density at radius 1 is 0.439 bits per heavy atom. The topological polar surface area (TPSA) is 95.9 Å². The molecule has 0 saturated heterocycles. The first-order chi connectivity index (χ1) is 32.5. The van der Waals surface area contributed by atoms with Gasteiger partial charge in [-0.15, -0.1) is 0 Å². The normalized spacial score (nSPS) is 13.5. The highest BCUT2D eigenvalue weighted by Gasteiger charge is 2.24. The summed E-state index contributed by atoms with van der Waals surface area (Å²) in [6, 6.07) is -0.715. The molecule has 386 valence electrons. The van der Waals surface area contributed by atoms with Crippen molar-refractivity contribution in [2.45, 2.75) is 315 Å². The van der Waals surface area contributed by atoms with Crippen LogP contribution in [0.25, 0.3) is 0 Å². The van der Waals surface area contributed by atoms with Crippen molar-refractivity contribution in [2.24, 2.45) is 0 Å². The molecule has 0 aromatic rings. The molecule has 0 aromatic carbocycles. The van der Waals surface area contributed by atoms with E-state index in [9.17, 15) is 19.8 Å². The van der Waals surface area contributed by atoms with Gasteiger partial charge in [0.15, 0.2) is 0 Å². The minimum Gasteiger partial charge on any atom is -0.462 e. The Bertz CT molecular complexity index is 1130. The summed E-state index contributed by atoms with van der Waals surface area (Å²) in [5.74, 6) is -0.552. The fraction of sp³-hybridized carbons (Fsp3) is 0.833. The first-order valence-electron chi connectivity index (χ1n) is 28.9. The maximum Gasteiger partial charge on any atom is 0.306 e. The first kappa shape index (κ1) is 63.8. The molecule has 0 aliphatic rings. The van der Waals surface area contributed by atoms with E-state index < -0.39 is 18.2 Å². The van der Waals surface area contributed by atoms with Gasteiger partial charge in [-0.25, -0.2) is 0 Å². The monoisotopic (exact) mass is 926 g/mol. The van der Waals surface area contributed by atoms with Crippen molar-refractivity contribution in [3.05, 3.63) is 48.6 Å². The second-order valence-electron chi connectivity index (χ2n) is 19.7. The third-order valence-corrected chi connectivity index (χ3v) is 13.1. The summed E-state index contributed by atoms with van der Waals surface area (Å²) in [5, 5.41) is 23.9. The number of allylic oxidation sites excluding steroid dienone is 8. The molecule has 0 radical (unpaired) electrons. The summed E-state index contributed by atoms with van der Waals surface area (Å²) < 4.78 is 5.92. The van der Waals surface area contributed by atoms with Gasteiger partial charge in [0.05, 0.1) is 25.2 Å². The number of unbranched alkanes of at least 4 members (excludes halogenated alkanes) is 32. The molecule has 0 aliphatic heterocycles. The lowest BCUT2D eigenvalue weighted by molar-refractivity contribution is -0.150. The van der Waals surface area contributed by atoms with Crippen molar-refractivity contribution in [3.8, 4) is 0 Å². The fourth-order valence-electron chi connectivity index (χ4n) is 8.75. The number of aliphatic hydroxyl groups excluding tert-OH is 2. The molecule has 0 saturated carbocycles. The molecule has 0 aliphatic carbocycles. The number of aliphatic hydroxyl groups is 2. The summed E-state index contributed by atoms with van der Waals surface area (Å²) in [6.45, 7) is 6.46. The number of hydrogen-bond acceptors (Lipinski definition) is 5. The number of ether oxygens (including phenoxy) is 1. The minimum absolute atomic E-state index is 0.0511.